The molecule has 134 valence electrons. The van der Waals surface area contributed by atoms with Gasteiger partial charge in [0.05, 0.1) is 6.61 Å². The highest BCUT2D eigenvalue weighted by Gasteiger charge is 1.95. The van der Waals surface area contributed by atoms with Crippen LogP contribution in [0.1, 0.15) is 27.1 Å². The van der Waals surface area contributed by atoms with Crippen LogP contribution in [0.4, 0.5) is 0 Å². The Kier molecular flexibility index (Phi) is 10.3. The Labute approximate surface area is 154 Å². The zero-order valence-corrected chi connectivity index (χ0v) is 15.8. The highest BCUT2D eigenvalue weighted by molar-refractivity contribution is 7.98. The summed E-state index contributed by atoms with van der Waals surface area (Å²) >= 11 is 1.67. The van der Waals surface area contributed by atoms with E-state index in [-0.39, 0.29) is 0 Å². The molecule has 0 amide bonds. The summed E-state index contributed by atoms with van der Waals surface area (Å²) < 4.78 is 5.51. The van der Waals surface area contributed by atoms with Crippen LogP contribution in [-0.4, -0.2) is 51.0 Å². The zero-order chi connectivity index (χ0) is 18.5. The van der Waals surface area contributed by atoms with Crippen molar-refractivity contribution in [3.63, 3.8) is 0 Å². The van der Waals surface area contributed by atoms with Gasteiger partial charge in [-0.3, -0.25) is 9.59 Å². The number of carbonyl (C=O) groups is 2. The lowest BCUT2D eigenvalue weighted by Gasteiger charge is -2.10. The van der Waals surface area contributed by atoms with E-state index in [4.69, 9.17) is 4.74 Å². The molecule has 0 spiro atoms. The largest absolute Gasteiger partial charge is 0.494 e. The van der Waals surface area contributed by atoms with Crippen molar-refractivity contribution in [1.82, 2.24) is 4.90 Å². The van der Waals surface area contributed by atoms with Gasteiger partial charge in [0.15, 0.2) is 0 Å². The number of carbonyl (C=O) groups excluding carboxylic acids is 2. The van der Waals surface area contributed by atoms with Crippen molar-refractivity contribution in [1.29, 1.82) is 0 Å². The van der Waals surface area contributed by atoms with Crippen LogP contribution in [0.25, 0.3) is 0 Å². The minimum absolute atomic E-state index is 0.677. The summed E-state index contributed by atoms with van der Waals surface area (Å²) in [6.45, 7) is 1.73. The molecule has 0 unspecified atom stereocenters. The summed E-state index contributed by atoms with van der Waals surface area (Å²) in [5.41, 5.74) is 1.41. The van der Waals surface area contributed by atoms with Crippen LogP contribution in [-0.2, 0) is 0 Å². The van der Waals surface area contributed by atoms with Gasteiger partial charge < -0.3 is 9.64 Å². The topological polar surface area (TPSA) is 46.6 Å². The molecule has 0 fully saturated rings. The Morgan fingerprint density at radius 3 is 1.88 bits per heavy atom. The molecule has 2 rings (SSSR count). The Hall–Kier alpha value is -2.11. The lowest BCUT2D eigenvalue weighted by atomic mass is 10.2. The number of nitrogens with zero attached hydrogens (tertiary/aromatic N) is 1. The summed E-state index contributed by atoms with van der Waals surface area (Å²) in [4.78, 5) is 23.9. The molecule has 2 aromatic rings. The van der Waals surface area contributed by atoms with E-state index in [9.17, 15) is 9.59 Å². The maximum absolute atomic E-state index is 10.4. The maximum atomic E-state index is 10.4. The second-order valence-electron chi connectivity index (χ2n) is 5.58. The molecule has 5 heteroatoms. The molecule has 0 heterocycles. The quantitative estimate of drug-likeness (QED) is 0.404. The normalized spacial score (nSPS) is 9.92. The van der Waals surface area contributed by atoms with Gasteiger partial charge in [-0.2, -0.15) is 0 Å². The van der Waals surface area contributed by atoms with E-state index < -0.39 is 0 Å². The van der Waals surface area contributed by atoms with Gasteiger partial charge in [-0.25, -0.2) is 0 Å². The molecule has 0 aliphatic carbocycles. The second-order valence-corrected chi connectivity index (χ2v) is 6.46. The molecular weight excluding hydrogens is 334 g/mol. The summed E-state index contributed by atoms with van der Waals surface area (Å²) in [7, 11) is 4.08. The number of thioether (sulfide) groups is 1. The summed E-state index contributed by atoms with van der Waals surface area (Å²) in [5, 5.41) is 0. The Morgan fingerprint density at radius 2 is 1.44 bits per heavy atom. The van der Waals surface area contributed by atoms with E-state index in [1.54, 1.807) is 23.9 Å². The van der Waals surface area contributed by atoms with Crippen LogP contribution >= 0.6 is 11.8 Å². The Bertz CT molecular complexity index is 624. The van der Waals surface area contributed by atoms with Gasteiger partial charge in [0.1, 0.15) is 18.3 Å². The van der Waals surface area contributed by atoms with E-state index in [0.29, 0.717) is 12.2 Å². The average Bonchev–Trinajstić information content (AvgIpc) is 2.66. The van der Waals surface area contributed by atoms with Crippen molar-refractivity contribution >= 4 is 24.3 Å². The minimum Gasteiger partial charge on any atom is -0.494 e. The predicted molar refractivity (Wildman–Crippen MR) is 104 cm³/mol. The van der Waals surface area contributed by atoms with Gasteiger partial charge in [0.25, 0.3) is 0 Å². The third kappa shape index (κ3) is 9.08. The molecule has 25 heavy (non-hydrogen) atoms. The number of hydrogen-bond donors (Lipinski definition) is 0. The smallest absolute Gasteiger partial charge is 0.150 e. The average molecular weight is 359 g/mol. The van der Waals surface area contributed by atoms with Crippen molar-refractivity contribution < 1.29 is 14.3 Å². The SMILES string of the molecule is CN(C)CCCOc1ccc(C=O)cc1.CSc1ccc(C=O)cc1. The molecule has 0 aliphatic rings. The monoisotopic (exact) mass is 359 g/mol. The highest BCUT2D eigenvalue weighted by atomic mass is 32.2. The first-order valence-corrected chi connectivity index (χ1v) is 9.23. The third-order valence-electron chi connectivity index (χ3n) is 3.29. The molecule has 0 aromatic heterocycles. The number of ether oxygens (including phenoxy) is 1. The van der Waals surface area contributed by atoms with Crippen LogP contribution in [0.15, 0.2) is 53.4 Å². The number of benzene rings is 2. The van der Waals surface area contributed by atoms with E-state index in [2.05, 4.69) is 4.90 Å². The molecule has 0 bridgehead atoms. The van der Waals surface area contributed by atoms with E-state index in [0.717, 1.165) is 36.9 Å². The molecule has 0 atom stereocenters. The molecule has 0 saturated carbocycles. The first kappa shape index (κ1) is 20.9. The van der Waals surface area contributed by atoms with Gasteiger partial charge in [-0.15, -0.1) is 11.8 Å². The van der Waals surface area contributed by atoms with Crippen molar-refractivity contribution in [2.75, 3.05) is 33.5 Å². The zero-order valence-electron chi connectivity index (χ0n) is 15.0. The van der Waals surface area contributed by atoms with Gasteiger partial charge in [0, 0.05) is 22.6 Å². The van der Waals surface area contributed by atoms with Crippen LogP contribution in [0.5, 0.6) is 5.75 Å². The van der Waals surface area contributed by atoms with E-state index in [1.165, 1.54) is 4.90 Å². The van der Waals surface area contributed by atoms with Gasteiger partial charge in [-0.1, -0.05) is 12.1 Å². The molecular formula is C20H25NO3S. The predicted octanol–water partition coefficient (Wildman–Crippen LogP) is 4.05. The van der Waals surface area contributed by atoms with Gasteiger partial charge in [0.2, 0.25) is 0 Å². The van der Waals surface area contributed by atoms with Crippen molar-refractivity contribution in [2.24, 2.45) is 0 Å². The third-order valence-corrected chi connectivity index (χ3v) is 4.03. The van der Waals surface area contributed by atoms with Gasteiger partial charge >= 0.3 is 0 Å². The fourth-order valence-corrected chi connectivity index (χ4v) is 2.30. The molecule has 0 aliphatic heterocycles. The van der Waals surface area contributed by atoms with Crippen molar-refractivity contribution in [2.45, 2.75) is 11.3 Å². The molecule has 0 radical (unpaired) electrons. The number of rotatable bonds is 8. The standard InChI is InChI=1S/C12H17NO2.C8H8OS/c1-13(2)8-3-9-15-12-6-4-11(10-14)5-7-12;1-10-8-4-2-7(6-9)3-5-8/h4-7,10H,3,8-9H2,1-2H3;2-6H,1H3. The fraction of sp³-hybridized carbons (Fsp3) is 0.300. The first-order valence-electron chi connectivity index (χ1n) is 8.01. The maximum Gasteiger partial charge on any atom is 0.150 e. The lowest BCUT2D eigenvalue weighted by Crippen LogP contribution is -2.15. The van der Waals surface area contributed by atoms with Crippen LogP contribution in [0.2, 0.25) is 0 Å². The fourth-order valence-electron chi connectivity index (χ4n) is 1.90. The van der Waals surface area contributed by atoms with E-state index in [1.807, 2.05) is 56.7 Å². The summed E-state index contributed by atoms with van der Waals surface area (Å²) in [5.74, 6) is 0.819. The van der Waals surface area contributed by atoms with Crippen LogP contribution in [0, 0.1) is 0 Å². The molecule has 0 N–H and O–H groups in total. The number of aldehydes is 2. The van der Waals surface area contributed by atoms with Crippen molar-refractivity contribution in [3.05, 3.63) is 59.7 Å². The minimum atomic E-state index is 0.677. The van der Waals surface area contributed by atoms with Crippen LogP contribution < -0.4 is 4.74 Å². The first-order chi connectivity index (χ1) is 12.1. The lowest BCUT2D eigenvalue weighted by molar-refractivity contribution is 0.111. The van der Waals surface area contributed by atoms with Crippen LogP contribution in [0.3, 0.4) is 0 Å². The number of hydrogen-bond acceptors (Lipinski definition) is 5. The molecule has 0 saturated heterocycles. The second kappa shape index (κ2) is 12.3. The molecule has 2 aromatic carbocycles. The Balaban J connectivity index is 0.000000271. The summed E-state index contributed by atoms with van der Waals surface area (Å²) in [6.07, 6.45) is 4.69. The Morgan fingerprint density at radius 1 is 0.920 bits per heavy atom. The molecule has 4 nitrogen and oxygen atoms in total. The summed E-state index contributed by atoms with van der Waals surface area (Å²) in [6, 6.07) is 14.7. The van der Waals surface area contributed by atoms with E-state index >= 15 is 0 Å². The van der Waals surface area contributed by atoms with Crippen molar-refractivity contribution in [3.8, 4) is 5.75 Å². The van der Waals surface area contributed by atoms with Gasteiger partial charge in [-0.05, 0) is 63.2 Å². The highest BCUT2D eigenvalue weighted by Crippen LogP contribution is 2.13.